The SMILES string of the molecule is CCC(CC)N(CC(C)C)C(=O)c1cc(N)cn1CC. The molecule has 0 aliphatic heterocycles. The smallest absolute Gasteiger partial charge is 0.270 e. The Morgan fingerprint density at radius 3 is 2.35 bits per heavy atom. The number of nitrogens with two attached hydrogens (primary N) is 1. The lowest BCUT2D eigenvalue weighted by Gasteiger charge is -2.32. The van der Waals surface area contributed by atoms with Gasteiger partial charge < -0.3 is 15.2 Å². The fraction of sp³-hybridized carbons (Fsp3) is 0.688. The van der Waals surface area contributed by atoms with Crippen LogP contribution in [0.3, 0.4) is 0 Å². The van der Waals surface area contributed by atoms with E-state index in [9.17, 15) is 4.79 Å². The van der Waals surface area contributed by atoms with Crippen molar-refractivity contribution < 1.29 is 4.79 Å². The third kappa shape index (κ3) is 3.78. The molecular weight excluding hydrogens is 250 g/mol. The second-order valence-corrected chi connectivity index (χ2v) is 5.77. The Hall–Kier alpha value is -1.45. The number of nitrogens with zero attached hydrogens (tertiary/aromatic N) is 2. The number of carbonyl (C=O) groups excluding carboxylic acids is 1. The van der Waals surface area contributed by atoms with Crippen molar-refractivity contribution in [2.45, 2.75) is 60.0 Å². The maximum atomic E-state index is 12.9. The quantitative estimate of drug-likeness (QED) is 0.832. The molecule has 0 aliphatic carbocycles. The van der Waals surface area contributed by atoms with E-state index in [2.05, 4.69) is 27.7 Å². The van der Waals surface area contributed by atoms with Crippen molar-refractivity contribution in [3.8, 4) is 0 Å². The maximum Gasteiger partial charge on any atom is 0.270 e. The van der Waals surface area contributed by atoms with Gasteiger partial charge in [0.1, 0.15) is 5.69 Å². The second kappa shape index (κ2) is 7.36. The number of nitrogen functional groups attached to an aromatic ring is 1. The van der Waals surface area contributed by atoms with Crippen LogP contribution in [-0.2, 0) is 6.54 Å². The predicted octanol–water partition coefficient (Wildman–Crippen LogP) is 3.38. The van der Waals surface area contributed by atoms with Crippen LogP contribution in [0.5, 0.6) is 0 Å². The molecule has 0 spiro atoms. The highest BCUT2D eigenvalue weighted by molar-refractivity contribution is 5.94. The molecule has 0 aliphatic rings. The molecule has 0 radical (unpaired) electrons. The first kappa shape index (κ1) is 16.6. The number of aryl methyl sites for hydroxylation is 1. The van der Waals surface area contributed by atoms with E-state index in [1.54, 1.807) is 6.07 Å². The lowest BCUT2D eigenvalue weighted by Crippen LogP contribution is -2.42. The molecule has 1 aromatic rings. The molecule has 0 atom stereocenters. The predicted molar refractivity (Wildman–Crippen MR) is 84.8 cm³/mol. The highest BCUT2D eigenvalue weighted by Crippen LogP contribution is 2.18. The van der Waals surface area contributed by atoms with Crippen molar-refractivity contribution in [2.24, 2.45) is 5.92 Å². The standard InChI is InChI=1S/C16H29N3O/c1-6-14(7-2)19(10-12(4)5)16(20)15-9-13(17)11-18(15)8-3/h9,11-12,14H,6-8,10,17H2,1-5H3. The molecule has 1 amide bonds. The summed E-state index contributed by atoms with van der Waals surface area (Å²) in [5.74, 6) is 0.563. The fourth-order valence-electron chi connectivity index (χ4n) is 2.64. The normalized spacial score (nSPS) is 11.3. The molecule has 1 rings (SSSR count). The average molecular weight is 279 g/mol. The van der Waals surface area contributed by atoms with E-state index in [-0.39, 0.29) is 5.91 Å². The van der Waals surface area contributed by atoms with Gasteiger partial charge in [0.25, 0.3) is 5.91 Å². The minimum atomic E-state index is 0.103. The first-order valence-electron chi connectivity index (χ1n) is 7.71. The molecule has 1 heterocycles. The highest BCUT2D eigenvalue weighted by Gasteiger charge is 2.25. The van der Waals surface area contributed by atoms with Crippen LogP contribution in [0.4, 0.5) is 5.69 Å². The van der Waals surface area contributed by atoms with Gasteiger partial charge in [0.2, 0.25) is 0 Å². The number of rotatable bonds is 7. The molecule has 4 nitrogen and oxygen atoms in total. The van der Waals surface area contributed by atoms with Crippen LogP contribution in [0.25, 0.3) is 0 Å². The van der Waals surface area contributed by atoms with Crippen LogP contribution in [-0.4, -0.2) is 28.0 Å². The fourth-order valence-corrected chi connectivity index (χ4v) is 2.64. The van der Waals surface area contributed by atoms with Gasteiger partial charge in [0, 0.05) is 25.3 Å². The number of carbonyl (C=O) groups is 1. The van der Waals surface area contributed by atoms with Gasteiger partial charge >= 0.3 is 0 Å². The number of anilines is 1. The second-order valence-electron chi connectivity index (χ2n) is 5.77. The third-order valence-electron chi connectivity index (χ3n) is 3.68. The molecule has 0 unspecified atom stereocenters. The molecule has 0 saturated heterocycles. The Bertz CT molecular complexity index is 433. The van der Waals surface area contributed by atoms with Crippen LogP contribution >= 0.6 is 0 Å². The molecule has 0 fully saturated rings. The Morgan fingerprint density at radius 2 is 1.90 bits per heavy atom. The zero-order chi connectivity index (χ0) is 15.3. The number of amides is 1. The molecule has 2 N–H and O–H groups in total. The van der Waals surface area contributed by atoms with Crippen LogP contribution in [0.1, 0.15) is 57.9 Å². The first-order valence-corrected chi connectivity index (χ1v) is 7.71. The Balaban J connectivity index is 3.08. The van der Waals surface area contributed by atoms with Crippen molar-refractivity contribution in [3.05, 3.63) is 18.0 Å². The average Bonchev–Trinajstić information content (AvgIpc) is 2.79. The van der Waals surface area contributed by atoms with Gasteiger partial charge in [0.15, 0.2) is 0 Å². The summed E-state index contributed by atoms with van der Waals surface area (Å²) in [4.78, 5) is 14.9. The molecule has 114 valence electrons. The van der Waals surface area contributed by atoms with Crippen LogP contribution < -0.4 is 5.73 Å². The highest BCUT2D eigenvalue weighted by atomic mass is 16.2. The van der Waals surface area contributed by atoms with Crippen molar-refractivity contribution in [1.82, 2.24) is 9.47 Å². The minimum Gasteiger partial charge on any atom is -0.397 e. The van der Waals surface area contributed by atoms with Gasteiger partial charge in [-0.15, -0.1) is 0 Å². The summed E-state index contributed by atoms with van der Waals surface area (Å²) in [7, 11) is 0. The topological polar surface area (TPSA) is 51.3 Å². The molecule has 0 bridgehead atoms. The van der Waals surface area contributed by atoms with E-state index in [4.69, 9.17) is 5.73 Å². The van der Waals surface area contributed by atoms with Gasteiger partial charge in [-0.05, 0) is 31.7 Å². The minimum absolute atomic E-state index is 0.103. The lowest BCUT2D eigenvalue weighted by atomic mass is 10.1. The maximum absolute atomic E-state index is 12.9. The summed E-state index contributed by atoms with van der Waals surface area (Å²) < 4.78 is 1.94. The van der Waals surface area contributed by atoms with Crippen LogP contribution in [0.2, 0.25) is 0 Å². The van der Waals surface area contributed by atoms with Gasteiger partial charge in [-0.3, -0.25) is 4.79 Å². The van der Waals surface area contributed by atoms with Gasteiger partial charge in [-0.1, -0.05) is 27.7 Å². The Labute approximate surface area is 122 Å². The lowest BCUT2D eigenvalue weighted by molar-refractivity contribution is 0.0629. The number of hydrogen-bond acceptors (Lipinski definition) is 2. The van der Waals surface area contributed by atoms with E-state index in [0.29, 0.717) is 23.3 Å². The van der Waals surface area contributed by atoms with E-state index in [1.165, 1.54) is 0 Å². The summed E-state index contributed by atoms with van der Waals surface area (Å²) >= 11 is 0. The summed E-state index contributed by atoms with van der Waals surface area (Å²) in [6.07, 6.45) is 3.81. The molecule has 1 aromatic heterocycles. The zero-order valence-electron chi connectivity index (χ0n) is 13.5. The van der Waals surface area contributed by atoms with Crippen LogP contribution in [0.15, 0.2) is 12.3 Å². The molecule has 0 saturated carbocycles. The third-order valence-corrected chi connectivity index (χ3v) is 3.68. The Kier molecular flexibility index (Phi) is 6.11. The summed E-state index contributed by atoms with van der Waals surface area (Å²) in [5, 5.41) is 0. The van der Waals surface area contributed by atoms with E-state index in [1.807, 2.05) is 22.6 Å². The summed E-state index contributed by atoms with van der Waals surface area (Å²) in [5.41, 5.74) is 7.21. The number of hydrogen-bond donors (Lipinski definition) is 1. The van der Waals surface area contributed by atoms with Crippen molar-refractivity contribution in [2.75, 3.05) is 12.3 Å². The van der Waals surface area contributed by atoms with Crippen LogP contribution in [0, 0.1) is 5.92 Å². The molecule has 4 heteroatoms. The summed E-state index contributed by atoms with van der Waals surface area (Å²) in [6.45, 7) is 12.2. The monoisotopic (exact) mass is 279 g/mol. The molecule has 20 heavy (non-hydrogen) atoms. The van der Waals surface area contributed by atoms with Gasteiger partial charge in [0.05, 0.1) is 5.69 Å². The zero-order valence-corrected chi connectivity index (χ0v) is 13.5. The van der Waals surface area contributed by atoms with E-state index >= 15 is 0 Å². The van der Waals surface area contributed by atoms with E-state index < -0.39 is 0 Å². The first-order chi connectivity index (χ1) is 9.44. The van der Waals surface area contributed by atoms with Crippen molar-refractivity contribution in [3.63, 3.8) is 0 Å². The number of aromatic nitrogens is 1. The van der Waals surface area contributed by atoms with Gasteiger partial charge in [-0.25, -0.2) is 0 Å². The molecule has 0 aromatic carbocycles. The summed E-state index contributed by atoms with van der Waals surface area (Å²) in [6, 6.07) is 2.09. The molecular formula is C16H29N3O. The van der Waals surface area contributed by atoms with Crippen molar-refractivity contribution in [1.29, 1.82) is 0 Å². The largest absolute Gasteiger partial charge is 0.397 e. The van der Waals surface area contributed by atoms with Crippen molar-refractivity contribution >= 4 is 11.6 Å². The van der Waals surface area contributed by atoms with Gasteiger partial charge in [-0.2, -0.15) is 0 Å². The van der Waals surface area contributed by atoms with E-state index in [0.717, 1.165) is 25.9 Å². The Morgan fingerprint density at radius 1 is 1.30 bits per heavy atom.